The highest BCUT2D eigenvalue weighted by Gasteiger charge is 2.42. The summed E-state index contributed by atoms with van der Waals surface area (Å²) >= 11 is 0. The van der Waals surface area contributed by atoms with Crippen LogP contribution in [-0.4, -0.2) is 17.8 Å². The van der Waals surface area contributed by atoms with Crippen LogP contribution in [0.5, 0.6) is 0 Å². The largest absolute Gasteiger partial charge is 0.319 e. The maximum atomic E-state index is 6.10. The van der Waals surface area contributed by atoms with Crippen LogP contribution in [-0.2, 0) is 5.54 Å². The first-order valence-electron chi connectivity index (χ1n) is 5.47. The highest BCUT2D eigenvalue weighted by molar-refractivity contribution is 6.31. The molecule has 1 heterocycles. The molecule has 0 spiro atoms. The molecule has 1 aromatic heterocycles. The van der Waals surface area contributed by atoms with Crippen LogP contribution >= 0.6 is 0 Å². The lowest BCUT2D eigenvalue weighted by molar-refractivity contribution is 0.153. The van der Waals surface area contributed by atoms with Crippen LogP contribution in [0.15, 0.2) is 12.4 Å². The minimum absolute atomic E-state index is 0.298. The lowest BCUT2D eigenvalue weighted by Gasteiger charge is -2.41. The molecular formula is C11H18BN3. The van der Waals surface area contributed by atoms with Crippen LogP contribution in [0, 0.1) is 5.92 Å². The molecule has 2 N–H and O–H groups in total. The third-order valence-electron chi connectivity index (χ3n) is 2.54. The van der Waals surface area contributed by atoms with Gasteiger partial charge in [-0.25, -0.2) is 9.97 Å². The van der Waals surface area contributed by atoms with E-state index in [0.29, 0.717) is 11.4 Å². The zero-order valence-corrected chi connectivity index (χ0v) is 9.70. The molecule has 0 saturated heterocycles. The molecule has 2 rings (SSSR count). The average molecular weight is 203 g/mol. The van der Waals surface area contributed by atoms with Gasteiger partial charge in [-0.05, 0) is 18.8 Å². The number of hydrogen-bond acceptors (Lipinski definition) is 3. The van der Waals surface area contributed by atoms with Gasteiger partial charge in [-0.15, -0.1) is 0 Å². The summed E-state index contributed by atoms with van der Waals surface area (Å²) in [5.74, 6) is 1.41. The van der Waals surface area contributed by atoms with E-state index < -0.39 is 0 Å². The third-order valence-corrected chi connectivity index (χ3v) is 2.54. The lowest BCUT2D eigenvalue weighted by Crippen LogP contribution is -2.49. The van der Waals surface area contributed by atoms with Gasteiger partial charge < -0.3 is 5.73 Å². The van der Waals surface area contributed by atoms with Crippen LogP contribution in [0.4, 0.5) is 0 Å². The highest BCUT2D eigenvalue weighted by Crippen LogP contribution is 2.41. The normalized spacial score (nSPS) is 28.7. The third kappa shape index (κ3) is 2.56. The summed E-state index contributed by atoms with van der Waals surface area (Å²) in [6, 6.07) is 0. The van der Waals surface area contributed by atoms with E-state index in [0.717, 1.165) is 18.7 Å². The van der Waals surface area contributed by atoms with Gasteiger partial charge in [0.25, 0.3) is 0 Å². The monoisotopic (exact) mass is 203 g/mol. The van der Waals surface area contributed by atoms with Crippen molar-refractivity contribution in [2.24, 2.45) is 11.7 Å². The van der Waals surface area contributed by atoms with Crippen LogP contribution in [0.25, 0.3) is 0 Å². The van der Waals surface area contributed by atoms with E-state index in [1.165, 1.54) is 0 Å². The number of hydrogen-bond donors (Lipinski definition) is 1. The Bertz CT molecular complexity index is 304. The Kier molecular flexibility index (Phi) is 3.86. The molecule has 1 saturated carbocycles. The molecule has 0 atom stereocenters. The summed E-state index contributed by atoms with van der Waals surface area (Å²) in [5, 5.41) is 0. The van der Waals surface area contributed by atoms with Gasteiger partial charge in [-0.1, -0.05) is 26.2 Å². The zero-order chi connectivity index (χ0) is 11.5. The molecule has 1 aromatic rings. The number of nitrogens with zero attached hydrogens (tertiary/aromatic N) is 2. The molecule has 2 radical (unpaired) electrons. The molecule has 1 aliphatic rings. The second-order valence-corrected chi connectivity index (χ2v) is 4.01. The summed E-state index contributed by atoms with van der Waals surface area (Å²) in [6.45, 7) is 6.18. The smallest absolute Gasteiger partial charge is 0.147 e. The molecule has 0 unspecified atom stereocenters. The molecule has 0 aromatic carbocycles. The van der Waals surface area contributed by atoms with Gasteiger partial charge >= 0.3 is 0 Å². The average Bonchev–Trinajstić information content (AvgIpc) is 2.19. The van der Waals surface area contributed by atoms with Crippen LogP contribution in [0.2, 0.25) is 0 Å². The quantitative estimate of drug-likeness (QED) is 0.689. The Labute approximate surface area is 92.9 Å². The summed E-state index contributed by atoms with van der Waals surface area (Å²) in [5.41, 5.74) is 6.38. The van der Waals surface area contributed by atoms with Crippen molar-refractivity contribution in [3.05, 3.63) is 18.2 Å². The molecule has 80 valence electrons. The van der Waals surface area contributed by atoms with E-state index in [1.807, 2.05) is 13.8 Å². The molecular weight excluding hydrogens is 185 g/mol. The van der Waals surface area contributed by atoms with Crippen LogP contribution in [0.1, 0.15) is 39.4 Å². The van der Waals surface area contributed by atoms with Crippen molar-refractivity contribution in [2.75, 3.05) is 0 Å². The van der Waals surface area contributed by atoms with Crippen molar-refractivity contribution in [1.82, 2.24) is 9.97 Å². The van der Waals surface area contributed by atoms with Gasteiger partial charge in [0.2, 0.25) is 0 Å². The summed E-state index contributed by atoms with van der Waals surface area (Å²) in [7, 11) is 5.49. The van der Waals surface area contributed by atoms with Gasteiger partial charge in [-0.2, -0.15) is 0 Å². The molecule has 4 heteroatoms. The number of nitrogens with two attached hydrogens (primary N) is 1. The van der Waals surface area contributed by atoms with Crippen molar-refractivity contribution < 1.29 is 0 Å². The molecule has 1 fully saturated rings. The first-order chi connectivity index (χ1) is 7.10. The second kappa shape index (κ2) is 4.75. The van der Waals surface area contributed by atoms with Crippen molar-refractivity contribution in [3.63, 3.8) is 0 Å². The molecule has 1 aliphatic carbocycles. The second-order valence-electron chi connectivity index (χ2n) is 4.01. The van der Waals surface area contributed by atoms with Crippen molar-refractivity contribution in [3.8, 4) is 0 Å². The SMILES string of the molecule is CC.[B]c1cnc(C2(N)CC(C)C2)nc1. The minimum Gasteiger partial charge on any atom is -0.319 e. The molecule has 0 aliphatic heterocycles. The maximum absolute atomic E-state index is 6.10. The van der Waals surface area contributed by atoms with E-state index >= 15 is 0 Å². The summed E-state index contributed by atoms with van der Waals surface area (Å²) in [6.07, 6.45) is 5.16. The maximum Gasteiger partial charge on any atom is 0.147 e. The van der Waals surface area contributed by atoms with Gasteiger partial charge in [-0.3, -0.25) is 0 Å². The van der Waals surface area contributed by atoms with Crippen molar-refractivity contribution in [1.29, 1.82) is 0 Å². The first-order valence-corrected chi connectivity index (χ1v) is 5.47. The van der Waals surface area contributed by atoms with Gasteiger partial charge in [0.1, 0.15) is 13.7 Å². The minimum atomic E-state index is -0.298. The Morgan fingerprint density at radius 3 is 2.20 bits per heavy atom. The van der Waals surface area contributed by atoms with Crippen LogP contribution < -0.4 is 11.2 Å². The van der Waals surface area contributed by atoms with Gasteiger partial charge in [0, 0.05) is 12.4 Å². The van der Waals surface area contributed by atoms with Crippen LogP contribution in [0.3, 0.4) is 0 Å². The topological polar surface area (TPSA) is 51.8 Å². The zero-order valence-electron chi connectivity index (χ0n) is 9.70. The Morgan fingerprint density at radius 2 is 1.80 bits per heavy atom. The van der Waals surface area contributed by atoms with Gasteiger partial charge in [0.15, 0.2) is 0 Å². The van der Waals surface area contributed by atoms with E-state index in [9.17, 15) is 0 Å². The van der Waals surface area contributed by atoms with Crippen molar-refractivity contribution in [2.45, 2.75) is 39.2 Å². The number of rotatable bonds is 1. The van der Waals surface area contributed by atoms with E-state index in [4.69, 9.17) is 13.6 Å². The molecule has 0 bridgehead atoms. The first kappa shape index (κ1) is 12.2. The lowest BCUT2D eigenvalue weighted by atomic mass is 9.69. The van der Waals surface area contributed by atoms with E-state index in [2.05, 4.69) is 16.9 Å². The fourth-order valence-electron chi connectivity index (χ4n) is 1.96. The Hall–Kier alpha value is -0.895. The van der Waals surface area contributed by atoms with E-state index in [1.54, 1.807) is 12.4 Å². The number of aromatic nitrogens is 2. The van der Waals surface area contributed by atoms with E-state index in [-0.39, 0.29) is 5.54 Å². The predicted molar refractivity (Wildman–Crippen MR) is 63.0 cm³/mol. The summed E-state index contributed by atoms with van der Waals surface area (Å²) < 4.78 is 0. The standard InChI is InChI=1S/C9H12BN3.C2H6/c1-6-2-9(11,3-6)8-12-4-7(10)5-13-8;1-2/h4-6H,2-3,11H2,1H3;1-2H3. The summed E-state index contributed by atoms with van der Waals surface area (Å²) in [4.78, 5) is 8.29. The van der Waals surface area contributed by atoms with Crippen molar-refractivity contribution >= 4 is 13.3 Å². The predicted octanol–water partition coefficient (Wildman–Crippen LogP) is 0.880. The molecule has 3 nitrogen and oxygen atoms in total. The fourth-order valence-corrected chi connectivity index (χ4v) is 1.96. The Morgan fingerprint density at radius 1 is 1.33 bits per heavy atom. The molecule has 15 heavy (non-hydrogen) atoms. The Balaban J connectivity index is 0.000000531. The van der Waals surface area contributed by atoms with Gasteiger partial charge in [0.05, 0.1) is 5.54 Å². The molecule has 0 amide bonds. The fraction of sp³-hybridized carbons (Fsp3) is 0.636. The highest BCUT2D eigenvalue weighted by atomic mass is 15.0.